The van der Waals surface area contributed by atoms with Crippen molar-refractivity contribution >= 4 is 11.8 Å². The molecule has 0 aromatic heterocycles. The average molecular weight is 188 g/mol. The molecule has 0 aliphatic rings. The Kier molecular flexibility index (Phi) is 7.02. The molecule has 0 aliphatic carbocycles. The summed E-state index contributed by atoms with van der Waals surface area (Å²) in [4.78, 5) is 0. The standard InChI is InChI=1S/C11H24S/c1-5-7-8-11(3,6-2)9-10-12-4/h5-10H2,1-4H3. The van der Waals surface area contributed by atoms with Crippen LogP contribution >= 0.6 is 11.8 Å². The van der Waals surface area contributed by atoms with Crippen molar-refractivity contribution in [1.29, 1.82) is 0 Å². The molecule has 0 spiro atoms. The summed E-state index contributed by atoms with van der Waals surface area (Å²) in [6.07, 6.45) is 9.10. The minimum Gasteiger partial charge on any atom is -0.165 e. The topological polar surface area (TPSA) is 0 Å². The van der Waals surface area contributed by atoms with E-state index in [-0.39, 0.29) is 0 Å². The van der Waals surface area contributed by atoms with Crippen molar-refractivity contribution in [3.63, 3.8) is 0 Å². The van der Waals surface area contributed by atoms with Gasteiger partial charge < -0.3 is 0 Å². The molecule has 0 amide bonds. The van der Waals surface area contributed by atoms with Crippen LogP contribution in [0, 0.1) is 5.41 Å². The quantitative estimate of drug-likeness (QED) is 0.572. The molecule has 1 atom stereocenters. The molecule has 0 bridgehead atoms. The van der Waals surface area contributed by atoms with E-state index in [1.54, 1.807) is 0 Å². The van der Waals surface area contributed by atoms with Crippen LogP contribution in [0.2, 0.25) is 0 Å². The Morgan fingerprint density at radius 1 is 1.17 bits per heavy atom. The summed E-state index contributed by atoms with van der Waals surface area (Å²) in [5.74, 6) is 1.33. The molecule has 0 N–H and O–H groups in total. The molecule has 0 nitrogen and oxygen atoms in total. The predicted octanol–water partition coefficient (Wildman–Crippen LogP) is 4.35. The molecule has 0 saturated heterocycles. The smallest absolute Gasteiger partial charge is 0.00651 e. The molecular formula is C11H24S. The van der Waals surface area contributed by atoms with Gasteiger partial charge in [0.15, 0.2) is 0 Å². The van der Waals surface area contributed by atoms with E-state index in [9.17, 15) is 0 Å². The Labute approximate surface area is 82.5 Å². The molecule has 1 heteroatoms. The first-order valence-electron chi connectivity index (χ1n) is 5.17. The predicted molar refractivity (Wildman–Crippen MR) is 60.9 cm³/mol. The highest BCUT2D eigenvalue weighted by atomic mass is 32.2. The summed E-state index contributed by atoms with van der Waals surface area (Å²) >= 11 is 1.98. The number of rotatable bonds is 7. The highest BCUT2D eigenvalue weighted by Gasteiger charge is 2.20. The first kappa shape index (κ1) is 12.3. The molecule has 0 rings (SSSR count). The summed E-state index contributed by atoms with van der Waals surface area (Å²) in [5.41, 5.74) is 0.624. The van der Waals surface area contributed by atoms with Gasteiger partial charge in [0.2, 0.25) is 0 Å². The van der Waals surface area contributed by atoms with Crippen molar-refractivity contribution in [2.24, 2.45) is 5.41 Å². The number of unbranched alkanes of at least 4 members (excludes halogenated alkanes) is 1. The lowest BCUT2D eigenvalue weighted by atomic mass is 9.80. The average Bonchev–Trinajstić information content (AvgIpc) is 2.11. The van der Waals surface area contributed by atoms with Crippen molar-refractivity contribution < 1.29 is 0 Å². The van der Waals surface area contributed by atoms with Gasteiger partial charge in [-0.25, -0.2) is 0 Å². The van der Waals surface area contributed by atoms with Gasteiger partial charge in [0.1, 0.15) is 0 Å². The van der Waals surface area contributed by atoms with Crippen LogP contribution in [-0.4, -0.2) is 12.0 Å². The summed E-state index contributed by atoms with van der Waals surface area (Å²) in [6.45, 7) is 7.06. The Morgan fingerprint density at radius 3 is 2.25 bits per heavy atom. The molecule has 0 fully saturated rings. The monoisotopic (exact) mass is 188 g/mol. The minimum atomic E-state index is 0.624. The van der Waals surface area contributed by atoms with Gasteiger partial charge in [0.25, 0.3) is 0 Å². The maximum absolute atomic E-state index is 2.44. The van der Waals surface area contributed by atoms with Crippen LogP contribution < -0.4 is 0 Å². The molecule has 0 radical (unpaired) electrons. The zero-order valence-corrected chi connectivity index (χ0v) is 9.97. The SMILES string of the molecule is CCCCC(C)(CC)CCSC. The Bertz CT molecular complexity index is 91.2. The zero-order chi connectivity index (χ0) is 9.45. The van der Waals surface area contributed by atoms with Gasteiger partial charge >= 0.3 is 0 Å². The third kappa shape index (κ3) is 5.08. The third-order valence-corrected chi connectivity index (χ3v) is 3.51. The first-order chi connectivity index (χ1) is 5.68. The van der Waals surface area contributed by atoms with Crippen LogP contribution in [-0.2, 0) is 0 Å². The second-order valence-corrected chi connectivity index (χ2v) is 5.00. The van der Waals surface area contributed by atoms with Crippen molar-refractivity contribution in [3.8, 4) is 0 Å². The first-order valence-corrected chi connectivity index (χ1v) is 6.57. The Hall–Kier alpha value is 0.350. The van der Waals surface area contributed by atoms with E-state index in [4.69, 9.17) is 0 Å². The van der Waals surface area contributed by atoms with Crippen molar-refractivity contribution in [2.45, 2.75) is 52.9 Å². The Balaban J connectivity index is 3.70. The summed E-state index contributed by atoms with van der Waals surface area (Å²) < 4.78 is 0. The van der Waals surface area contributed by atoms with Gasteiger partial charge in [-0.1, -0.05) is 40.0 Å². The summed E-state index contributed by atoms with van der Waals surface area (Å²) in [5, 5.41) is 0. The summed E-state index contributed by atoms with van der Waals surface area (Å²) in [7, 11) is 0. The van der Waals surface area contributed by atoms with Gasteiger partial charge in [-0.05, 0) is 30.3 Å². The molecular weight excluding hydrogens is 164 g/mol. The van der Waals surface area contributed by atoms with Gasteiger partial charge in [-0.15, -0.1) is 0 Å². The number of hydrogen-bond acceptors (Lipinski definition) is 1. The van der Waals surface area contributed by atoms with E-state index >= 15 is 0 Å². The van der Waals surface area contributed by atoms with E-state index in [1.807, 2.05) is 11.8 Å². The van der Waals surface area contributed by atoms with Gasteiger partial charge in [0.05, 0.1) is 0 Å². The van der Waals surface area contributed by atoms with Gasteiger partial charge in [-0.3, -0.25) is 0 Å². The summed E-state index contributed by atoms with van der Waals surface area (Å²) in [6, 6.07) is 0. The van der Waals surface area contributed by atoms with E-state index in [2.05, 4.69) is 27.0 Å². The fraction of sp³-hybridized carbons (Fsp3) is 1.00. The maximum Gasteiger partial charge on any atom is -0.00651 e. The lowest BCUT2D eigenvalue weighted by molar-refractivity contribution is 0.267. The van der Waals surface area contributed by atoms with Crippen molar-refractivity contribution in [1.82, 2.24) is 0 Å². The second-order valence-electron chi connectivity index (χ2n) is 4.01. The van der Waals surface area contributed by atoms with E-state index in [1.165, 1.54) is 37.9 Å². The molecule has 74 valence electrons. The van der Waals surface area contributed by atoms with Crippen LogP contribution in [0.1, 0.15) is 52.9 Å². The molecule has 0 aromatic rings. The zero-order valence-electron chi connectivity index (χ0n) is 9.15. The second kappa shape index (κ2) is 6.82. The van der Waals surface area contributed by atoms with E-state index in [0.29, 0.717) is 5.41 Å². The highest BCUT2D eigenvalue weighted by molar-refractivity contribution is 7.98. The highest BCUT2D eigenvalue weighted by Crippen LogP contribution is 2.32. The fourth-order valence-electron chi connectivity index (χ4n) is 1.43. The lowest BCUT2D eigenvalue weighted by Crippen LogP contribution is -2.16. The van der Waals surface area contributed by atoms with Crippen LogP contribution in [0.5, 0.6) is 0 Å². The van der Waals surface area contributed by atoms with E-state index < -0.39 is 0 Å². The van der Waals surface area contributed by atoms with Crippen molar-refractivity contribution in [3.05, 3.63) is 0 Å². The lowest BCUT2D eigenvalue weighted by Gasteiger charge is -2.27. The normalized spacial score (nSPS) is 16.0. The number of thioether (sulfide) groups is 1. The van der Waals surface area contributed by atoms with Gasteiger partial charge in [-0.2, -0.15) is 11.8 Å². The minimum absolute atomic E-state index is 0.624. The molecule has 12 heavy (non-hydrogen) atoms. The van der Waals surface area contributed by atoms with Crippen LogP contribution in [0.3, 0.4) is 0 Å². The Morgan fingerprint density at radius 2 is 1.83 bits per heavy atom. The third-order valence-electron chi connectivity index (χ3n) is 2.90. The molecule has 0 heterocycles. The maximum atomic E-state index is 2.44. The number of hydrogen-bond donors (Lipinski definition) is 0. The van der Waals surface area contributed by atoms with Crippen LogP contribution in [0.15, 0.2) is 0 Å². The van der Waals surface area contributed by atoms with Crippen LogP contribution in [0.25, 0.3) is 0 Å². The van der Waals surface area contributed by atoms with Crippen LogP contribution in [0.4, 0.5) is 0 Å². The molecule has 0 aliphatic heterocycles. The molecule has 1 unspecified atom stereocenters. The fourth-order valence-corrected chi connectivity index (χ4v) is 2.13. The molecule has 0 aromatic carbocycles. The van der Waals surface area contributed by atoms with Gasteiger partial charge in [0, 0.05) is 0 Å². The molecule has 0 saturated carbocycles. The van der Waals surface area contributed by atoms with E-state index in [0.717, 1.165) is 0 Å². The largest absolute Gasteiger partial charge is 0.165 e. The van der Waals surface area contributed by atoms with Crippen molar-refractivity contribution in [2.75, 3.05) is 12.0 Å².